The fourth-order valence-corrected chi connectivity index (χ4v) is 9.38. The number of thiophene rings is 1. The van der Waals surface area contributed by atoms with Gasteiger partial charge in [-0.1, -0.05) is 68.5 Å². The van der Waals surface area contributed by atoms with Gasteiger partial charge >= 0.3 is 5.97 Å². The van der Waals surface area contributed by atoms with E-state index in [1.807, 2.05) is 66.7 Å². The summed E-state index contributed by atoms with van der Waals surface area (Å²) in [6.45, 7) is 7.01. The van der Waals surface area contributed by atoms with Crippen molar-refractivity contribution in [2.45, 2.75) is 56.1 Å². The molecule has 210 valence electrons. The number of hydrogen-bond acceptors (Lipinski definition) is 8. The summed E-state index contributed by atoms with van der Waals surface area (Å²) in [6, 6.07) is 22.1. The van der Waals surface area contributed by atoms with Gasteiger partial charge in [0.15, 0.2) is 9.84 Å². The Hall–Kier alpha value is -3.15. The molecule has 3 heterocycles. The molecule has 0 spiro atoms. The lowest BCUT2D eigenvalue weighted by Gasteiger charge is -2.35. The number of esters is 1. The first-order valence-corrected chi connectivity index (χ1v) is 19.7. The number of hydrogen-bond donors (Lipinski definition) is 0. The highest BCUT2D eigenvalue weighted by atomic mass is 32.2. The van der Waals surface area contributed by atoms with E-state index in [1.165, 1.54) is 16.1 Å². The van der Waals surface area contributed by atoms with Crippen molar-refractivity contribution in [3.05, 3.63) is 71.6 Å². The molecule has 0 radical (unpaired) electrons. The Bertz CT molecular complexity index is 1580. The summed E-state index contributed by atoms with van der Waals surface area (Å²) >= 11 is 1.44. The summed E-state index contributed by atoms with van der Waals surface area (Å²) in [5, 5.41) is 12.8. The molecule has 0 N–H and O–H groups in total. The molecule has 1 fully saturated rings. The number of para-hydroxylation sites is 1. The molecular formula is C29H34N4O4S2Si. The zero-order chi connectivity index (χ0) is 28.4. The number of sulfone groups is 1. The lowest BCUT2D eigenvalue weighted by molar-refractivity contribution is -0.144. The maximum absolute atomic E-state index is 13.5. The van der Waals surface area contributed by atoms with Crippen molar-refractivity contribution in [1.29, 1.82) is 0 Å². The van der Waals surface area contributed by atoms with Crippen LogP contribution in [0.2, 0.25) is 25.7 Å². The number of carbonyl (C=O) groups excluding carboxylic acids is 1. The summed E-state index contributed by atoms with van der Waals surface area (Å²) in [5.74, 6) is 0.176. The van der Waals surface area contributed by atoms with Gasteiger partial charge in [0.1, 0.15) is 4.75 Å². The molecule has 0 bridgehead atoms. The zero-order valence-electron chi connectivity index (χ0n) is 23.0. The highest BCUT2D eigenvalue weighted by Crippen LogP contribution is 2.47. The van der Waals surface area contributed by atoms with E-state index in [9.17, 15) is 13.2 Å². The molecule has 4 aromatic rings. The van der Waals surface area contributed by atoms with E-state index < -0.39 is 28.6 Å². The van der Waals surface area contributed by atoms with Crippen LogP contribution in [-0.4, -0.2) is 55.0 Å². The summed E-state index contributed by atoms with van der Waals surface area (Å²) < 4.78 is 31.3. The van der Waals surface area contributed by atoms with Crippen LogP contribution < -0.4 is 0 Å². The largest absolute Gasteiger partial charge is 0.466 e. The van der Waals surface area contributed by atoms with E-state index >= 15 is 0 Å². The Morgan fingerprint density at radius 1 is 1.00 bits per heavy atom. The molecule has 1 atom stereocenters. The van der Waals surface area contributed by atoms with E-state index in [1.54, 1.807) is 0 Å². The van der Waals surface area contributed by atoms with Gasteiger partial charge in [0.2, 0.25) is 5.82 Å². The Kier molecular flexibility index (Phi) is 8.07. The molecule has 0 amide bonds. The monoisotopic (exact) mass is 594 g/mol. The molecule has 2 aromatic heterocycles. The standard InChI is InChI=1S/C29H34N4O4S2Si/c1-40(2,3)20-18-37-27(34)21-29(17-7-8-19-39(29,35)36)26-16-15-25(38-26)22-11-13-23(14-12-22)28-30-32-33(31-28)24-9-5-4-6-10-24/h4-6,9-16H,7-8,17-21H2,1-3H3/t29-/m0/s1. The fourth-order valence-electron chi connectivity index (χ4n) is 4.89. The quantitative estimate of drug-likeness (QED) is 0.170. The second-order valence-corrected chi connectivity index (χ2v) is 20.6. The average Bonchev–Trinajstić information content (AvgIpc) is 3.61. The van der Waals surface area contributed by atoms with Crippen LogP contribution >= 0.6 is 11.3 Å². The summed E-state index contributed by atoms with van der Waals surface area (Å²) in [7, 11) is -4.89. The predicted octanol–water partition coefficient (Wildman–Crippen LogP) is 6.12. The zero-order valence-corrected chi connectivity index (χ0v) is 25.7. The maximum atomic E-state index is 13.5. The second kappa shape index (κ2) is 11.4. The molecule has 5 rings (SSSR count). The van der Waals surface area contributed by atoms with E-state index in [2.05, 4.69) is 35.1 Å². The van der Waals surface area contributed by atoms with Gasteiger partial charge in [-0.2, -0.15) is 0 Å². The number of nitrogens with zero attached hydrogens (tertiary/aromatic N) is 4. The minimum absolute atomic E-state index is 0.0911. The fraction of sp³-hybridized carbons (Fsp3) is 0.379. The Balaban J connectivity index is 1.36. The summed E-state index contributed by atoms with van der Waals surface area (Å²) in [5.41, 5.74) is 2.61. The van der Waals surface area contributed by atoms with Crippen molar-refractivity contribution in [3.8, 4) is 27.5 Å². The van der Waals surface area contributed by atoms with Crippen molar-refractivity contribution in [2.75, 3.05) is 12.4 Å². The van der Waals surface area contributed by atoms with Gasteiger partial charge in [0.25, 0.3) is 0 Å². The average molecular weight is 595 g/mol. The van der Waals surface area contributed by atoms with Gasteiger partial charge in [-0.3, -0.25) is 4.79 Å². The number of aromatic nitrogens is 4. The minimum atomic E-state index is -3.53. The SMILES string of the molecule is C[Si](C)(C)CCOC(=O)C[C@]1(c2ccc(-c3ccc(-c4nnn(-c5ccccc5)n4)cc3)s2)CCCCS1(=O)=O. The van der Waals surface area contributed by atoms with Crippen LogP contribution in [0, 0.1) is 0 Å². The van der Waals surface area contributed by atoms with Crippen molar-refractivity contribution < 1.29 is 17.9 Å². The molecule has 0 aliphatic carbocycles. The van der Waals surface area contributed by atoms with Crippen LogP contribution in [0.5, 0.6) is 0 Å². The van der Waals surface area contributed by atoms with Crippen LogP contribution in [0.4, 0.5) is 0 Å². The highest BCUT2D eigenvalue weighted by Gasteiger charge is 2.49. The van der Waals surface area contributed by atoms with E-state index in [4.69, 9.17) is 4.74 Å². The molecule has 11 heteroatoms. The number of benzene rings is 2. The Labute approximate surface area is 240 Å². The molecule has 1 saturated heterocycles. The Morgan fingerprint density at radius 3 is 2.42 bits per heavy atom. The van der Waals surface area contributed by atoms with Crippen LogP contribution in [-0.2, 0) is 24.1 Å². The number of rotatable bonds is 9. The smallest absolute Gasteiger partial charge is 0.307 e. The molecule has 0 saturated carbocycles. The lowest BCUT2D eigenvalue weighted by Crippen LogP contribution is -2.42. The number of tetrazole rings is 1. The summed E-state index contributed by atoms with van der Waals surface area (Å²) in [4.78, 5) is 16.1. The second-order valence-electron chi connectivity index (χ2n) is 11.5. The Morgan fingerprint density at radius 2 is 1.73 bits per heavy atom. The van der Waals surface area contributed by atoms with E-state index in [-0.39, 0.29) is 12.2 Å². The van der Waals surface area contributed by atoms with E-state index in [0.717, 1.165) is 34.2 Å². The topological polar surface area (TPSA) is 104 Å². The first-order chi connectivity index (χ1) is 19.1. The van der Waals surface area contributed by atoms with Crippen LogP contribution in [0.1, 0.15) is 30.6 Å². The predicted molar refractivity (Wildman–Crippen MR) is 161 cm³/mol. The molecule has 1 aliphatic heterocycles. The summed E-state index contributed by atoms with van der Waals surface area (Å²) in [6.07, 6.45) is 1.68. The third kappa shape index (κ3) is 6.11. The third-order valence-corrected chi connectivity index (χ3v) is 13.0. The van der Waals surface area contributed by atoms with Gasteiger partial charge in [-0.05, 0) is 53.9 Å². The number of carbonyl (C=O) groups is 1. The first-order valence-electron chi connectivity index (χ1n) is 13.5. The van der Waals surface area contributed by atoms with Crippen molar-refractivity contribution in [1.82, 2.24) is 20.2 Å². The molecule has 0 unspecified atom stereocenters. The number of ether oxygens (including phenoxy) is 1. The maximum Gasteiger partial charge on any atom is 0.307 e. The molecular weight excluding hydrogens is 561 g/mol. The molecule has 40 heavy (non-hydrogen) atoms. The normalized spacial score (nSPS) is 18.9. The van der Waals surface area contributed by atoms with Gasteiger partial charge in [0.05, 0.1) is 24.5 Å². The highest BCUT2D eigenvalue weighted by molar-refractivity contribution is 7.92. The first kappa shape index (κ1) is 28.4. The molecule has 8 nitrogen and oxygen atoms in total. The minimum Gasteiger partial charge on any atom is -0.466 e. The van der Waals surface area contributed by atoms with Crippen molar-refractivity contribution in [3.63, 3.8) is 0 Å². The third-order valence-electron chi connectivity index (χ3n) is 7.27. The lowest BCUT2D eigenvalue weighted by atomic mass is 9.95. The van der Waals surface area contributed by atoms with Crippen LogP contribution in [0.15, 0.2) is 66.7 Å². The van der Waals surface area contributed by atoms with Gasteiger partial charge in [-0.25, -0.2) is 8.42 Å². The van der Waals surface area contributed by atoms with Gasteiger partial charge in [0, 0.05) is 23.4 Å². The van der Waals surface area contributed by atoms with Crippen LogP contribution in [0.3, 0.4) is 0 Å². The van der Waals surface area contributed by atoms with Crippen LogP contribution in [0.25, 0.3) is 27.5 Å². The van der Waals surface area contributed by atoms with E-state index in [0.29, 0.717) is 30.2 Å². The molecule has 1 aliphatic rings. The van der Waals surface area contributed by atoms with Gasteiger partial charge in [-0.15, -0.1) is 26.3 Å². The van der Waals surface area contributed by atoms with Crippen molar-refractivity contribution >= 4 is 35.2 Å². The molecule has 2 aromatic carbocycles. The van der Waals surface area contributed by atoms with Crippen molar-refractivity contribution in [2.24, 2.45) is 0 Å². The van der Waals surface area contributed by atoms with Gasteiger partial charge < -0.3 is 4.74 Å².